The topological polar surface area (TPSA) is 52.6 Å². The molecule has 0 unspecified atom stereocenters. The first-order valence-corrected chi connectivity index (χ1v) is 8.69. The Morgan fingerprint density at radius 1 is 1.04 bits per heavy atom. The zero-order valence-electron chi connectivity index (χ0n) is 14.3. The Kier molecular flexibility index (Phi) is 4.67. The smallest absolute Gasteiger partial charge is 0.343 e. The molecule has 1 aliphatic rings. The Morgan fingerprint density at radius 2 is 1.86 bits per heavy atom. The average Bonchev–Trinajstić information content (AvgIpc) is 2.98. The van der Waals surface area contributed by atoms with Gasteiger partial charge in [-0.15, -0.1) is 0 Å². The van der Waals surface area contributed by atoms with Crippen LogP contribution in [0.15, 0.2) is 72.5 Å². The molecule has 6 heteroatoms. The third-order valence-electron chi connectivity index (χ3n) is 4.10. The number of hydrogen-bond donors (Lipinski definition) is 0. The van der Waals surface area contributed by atoms with Gasteiger partial charge in [-0.3, -0.25) is 4.79 Å². The van der Waals surface area contributed by atoms with Crippen LogP contribution in [0.5, 0.6) is 11.5 Å². The summed E-state index contributed by atoms with van der Waals surface area (Å²) in [4.78, 5) is 24.7. The number of ether oxygens (including phenoxy) is 2. The SMILES string of the molecule is O=C(Oc1ccc2c(c1)O/C(=C\c1ccccc1Cl)C2=O)c1cccc(F)c1. The van der Waals surface area contributed by atoms with Crippen molar-refractivity contribution in [3.63, 3.8) is 0 Å². The number of carbonyl (C=O) groups is 2. The van der Waals surface area contributed by atoms with Crippen molar-refractivity contribution in [1.29, 1.82) is 0 Å². The highest BCUT2D eigenvalue weighted by Gasteiger charge is 2.28. The molecule has 0 radical (unpaired) electrons. The van der Waals surface area contributed by atoms with Gasteiger partial charge in [-0.2, -0.15) is 0 Å². The minimum atomic E-state index is -0.712. The van der Waals surface area contributed by atoms with Crippen LogP contribution < -0.4 is 9.47 Å². The number of Topliss-reactive ketones (excluding diaryl/α,β-unsaturated/α-hetero) is 1. The van der Waals surface area contributed by atoms with E-state index in [1.807, 2.05) is 0 Å². The van der Waals surface area contributed by atoms with Crippen LogP contribution in [0.1, 0.15) is 26.3 Å². The summed E-state index contributed by atoms with van der Waals surface area (Å²) in [7, 11) is 0. The molecule has 0 saturated carbocycles. The summed E-state index contributed by atoms with van der Waals surface area (Å²) in [5, 5.41) is 0.493. The second-order valence-corrected chi connectivity index (χ2v) is 6.43. The second-order valence-electron chi connectivity index (χ2n) is 6.02. The fraction of sp³-hybridized carbons (Fsp3) is 0. The molecule has 0 atom stereocenters. The van der Waals surface area contributed by atoms with E-state index in [9.17, 15) is 14.0 Å². The van der Waals surface area contributed by atoms with Crippen LogP contribution in [0.3, 0.4) is 0 Å². The molecule has 0 spiro atoms. The Morgan fingerprint density at radius 3 is 2.64 bits per heavy atom. The standard InChI is InChI=1S/C22H12ClFO4/c23-18-7-2-1-4-13(18)11-20-21(25)17-9-8-16(12-19(17)28-20)27-22(26)14-5-3-6-15(24)10-14/h1-12H/b20-11-. The van der Waals surface area contributed by atoms with Crippen LogP contribution in [-0.4, -0.2) is 11.8 Å². The van der Waals surface area contributed by atoms with Crippen LogP contribution in [0, 0.1) is 5.82 Å². The molecule has 0 bridgehead atoms. The lowest BCUT2D eigenvalue weighted by Gasteiger charge is -2.06. The summed E-state index contributed by atoms with van der Waals surface area (Å²) in [6.45, 7) is 0. The van der Waals surface area contributed by atoms with Gasteiger partial charge in [0.15, 0.2) is 5.76 Å². The molecule has 0 aromatic heterocycles. The van der Waals surface area contributed by atoms with Crippen LogP contribution in [0.4, 0.5) is 4.39 Å². The van der Waals surface area contributed by atoms with Gasteiger partial charge in [0, 0.05) is 11.1 Å². The normalized spacial score (nSPS) is 13.9. The zero-order chi connectivity index (χ0) is 19.7. The van der Waals surface area contributed by atoms with Crippen molar-refractivity contribution in [2.45, 2.75) is 0 Å². The Hall–Kier alpha value is -3.44. The number of halogens is 2. The molecule has 0 aliphatic carbocycles. The zero-order valence-corrected chi connectivity index (χ0v) is 15.1. The highest BCUT2D eigenvalue weighted by Crippen LogP contribution is 2.35. The van der Waals surface area contributed by atoms with Gasteiger partial charge < -0.3 is 9.47 Å². The minimum Gasteiger partial charge on any atom is -0.452 e. The highest BCUT2D eigenvalue weighted by atomic mass is 35.5. The van der Waals surface area contributed by atoms with Crippen molar-refractivity contribution in [2.24, 2.45) is 0 Å². The minimum absolute atomic E-state index is 0.0804. The Bertz CT molecular complexity index is 1140. The van der Waals surface area contributed by atoms with E-state index in [2.05, 4.69) is 0 Å². The molecule has 3 aromatic rings. The number of esters is 1. The summed E-state index contributed by atoms with van der Waals surface area (Å²) < 4.78 is 24.1. The summed E-state index contributed by atoms with van der Waals surface area (Å²) in [5.74, 6) is -0.968. The van der Waals surface area contributed by atoms with Crippen molar-refractivity contribution >= 4 is 29.4 Å². The van der Waals surface area contributed by atoms with Crippen molar-refractivity contribution in [3.8, 4) is 11.5 Å². The van der Waals surface area contributed by atoms with Crippen LogP contribution in [-0.2, 0) is 0 Å². The van der Waals surface area contributed by atoms with Crippen LogP contribution in [0.25, 0.3) is 6.08 Å². The van der Waals surface area contributed by atoms with Gasteiger partial charge in [0.05, 0.1) is 11.1 Å². The predicted octanol–water partition coefficient (Wildman–Crippen LogP) is 5.31. The predicted molar refractivity (Wildman–Crippen MR) is 102 cm³/mol. The Labute approximate surface area is 164 Å². The van der Waals surface area contributed by atoms with Crippen molar-refractivity contribution in [1.82, 2.24) is 0 Å². The number of ketones is 1. The molecule has 3 aromatic carbocycles. The van der Waals surface area contributed by atoms with Gasteiger partial charge in [-0.05, 0) is 48.0 Å². The number of hydrogen-bond acceptors (Lipinski definition) is 4. The third-order valence-corrected chi connectivity index (χ3v) is 4.45. The summed E-state index contributed by atoms with van der Waals surface area (Å²) in [6, 6.07) is 16.7. The molecule has 1 heterocycles. The first-order valence-electron chi connectivity index (χ1n) is 8.32. The first kappa shape index (κ1) is 17.9. The second kappa shape index (κ2) is 7.29. The maximum absolute atomic E-state index is 13.3. The quantitative estimate of drug-likeness (QED) is 0.343. The monoisotopic (exact) mass is 394 g/mol. The summed E-state index contributed by atoms with van der Waals surface area (Å²) >= 11 is 6.12. The van der Waals surface area contributed by atoms with Crippen molar-refractivity contribution in [2.75, 3.05) is 0 Å². The Balaban J connectivity index is 1.57. The molecular weight excluding hydrogens is 383 g/mol. The van der Waals surface area contributed by atoms with Gasteiger partial charge in [-0.1, -0.05) is 35.9 Å². The summed E-state index contributed by atoms with van der Waals surface area (Å²) in [6.07, 6.45) is 1.56. The lowest BCUT2D eigenvalue weighted by atomic mass is 10.1. The van der Waals surface area contributed by atoms with E-state index in [4.69, 9.17) is 21.1 Å². The fourth-order valence-electron chi connectivity index (χ4n) is 2.75. The van der Waals surface area contributed by atoms with E-state index < -0.39 is 11.8 Å². The molecule has 4 rings (SSSR count). The maximum Gasteiger partial charge on any atom is 0.343 e. The van der Waals surface area contributed by atoms with Crippen LogP contribution in [0.2, 0.25) is 5.02 Å². The lowest BCUT2D eigenvalue weighted by molar-refractivity contribution is 0.0734. The molecule has 1 aliphatic heterocycles. The molecule has 0 saturated heterocycles. The first-order chi connectivity index (χ1) is 13.5. The van der Waals surface area contributed by atoms with Crippen molar-refractivity contribution < 1.29 is 23.5 Å². The fourth-order valence-corrected chi connectivity index (χ4v) is 2.94. The molecule has 28 heavy (non-hydrogen) atoms. The van der Waals surface area contributed by atoms with E-state index >= 15 is 0 Å². The lowest BCUT2D eigenvalue weighted by Crippen LogP contribution is -2.08. The molecule has 0 fully saturated rings. The average molecular weight is 395 g/mol. The van der Waals surface area contributed by atoms with E-state index in [0.717, 1.165) is 6.07 Å². The van der Waals surface area contributed by atoms with Gasteiger partial charge in [-0.25, -0.2) is 9.18 Å². The van der Waals surface area contributed by atoms with E-state index in [1.165, 1.54) is 36.4 Å². The number of benzene rings is 3. The maximum atomic E-state index is 13.3. The van der Waals surface area contributed by atoms with Crippen LogP contribution >= 0.6 is 11.6 Å². The number of rotatable bonds is 3. The van der Waals surface area contributed by atoms with Gasteiger partial charge >= 0.3 is 5.97 Å². The van der Waals surface area contributed by atoms with E-state index in [1.54, 1.807) is 30.3 Å². The van der Waals surface area contributed by atoms with Gasteiger partial charge in [0.2, 0.25) is 5.78 Å². The molecule has 138 valence electrons. The molecular formula is C22H12ClFO4. The third kappa shape index (κ3) is 3.52. The van der Waals surface area contributed by atoms with E-state index in [0.29, 0.717) is 16.1 Å². The largest absolute Gasteiger partial charge is 0.452 e. The molecule has 0 N–H and O–H groups in total. The molecule has 4 nitrogen and oxygen atoms in total. The van der Waals surface area contributed by atoms with Crippen molar-refractivity contribution in [3.05, 3.63) is 100 Å². The summed E-state index contributed by atoms with van der Waals surface area (Å²) in [5.41, 5.74) is 1.08. The number of fused-ring (bicyclic) bond motifs is 1. The number of carbonyl (C=O) groups excluding carboxylic acids is 2. The molecule has 0 amide bonds. The van der Waals surface area contributed by atoms with E-state index in [-0.39, 0.29) is 28.6 Å². The van der Waals surface area contributed by atoms with Gasteiger partial charge in [0.25, 0.3) is 0 Å². The highest BCUT2D eigenvalue weighted by molar-refractivity contribution is 6.32. The number of allylic oxidation sites excluding steroid dienone is 1. The van der Waals surface area contributed by atoms with Gasteiger partial charge in [0.1, 0.15) is 17.3 Å².